The third-order valence-corrected chi connectivity index (χ3v) is 4.36. The van der Waals surface area contributed by atoms with Crippen LogP contribution in [0.3, 0.4) is 0 Å². The molecule has 3 rings (SSSR count). The molecule has 9 nitrogen and oxygen atoms in total. The second-order valence-electron chi connectivity index (χ2n) is 6.49. The van der Waals surface area contributed by atoms with E-state index in [1.807, 2.05) is 13.8 Å². The van der Waals surface area contributed by atoms with Gasteiger partial charge in [0.25, 0.3) is 11.8 Å². The van der Waals surface area contributed by atoms with Gasteiger partial charge in [-0.15, -0.1) is 0 Å². The van der Waals surface area contributed by atoms with E-state index in [9.17, 15) is 9.59 Å². The molecule has 0 spiro atoms. The van der Waals surface area contributed by atoms with E-state index < -0.39 is 11.8 Å². The van der Waals surface area contributed by atoms with Gasteiger partial charge in [-0.05, 0) is 49.8 Å². The number of pyridine rings is 1. The van der Waals surface area contributed by atoms with Gasteiger partial charge in [0.05, 0.1) is 18.4 Å². The third-order valence-electron chi connectivity index (χ3n) is 4.36. The summed E-state index contributed by atoms with van der Waals surface area (Å²) in [6.45, 7) is 3.98. The van der Waals surface area contributed by atoms with Gasteiger partial charge in [0.1, 0.15) is 18.1 Å². The highest BCUT2D eigenvalue weighted by Gasteiger charge is 2.12. The van der Waals surface area contributed by atoms with E-state index in [0.29, 0.717) is 29.4 Å². The highest BCUT2D eigenvalue weighted by Crippen LogP contribution is 2.30. The molecule has 0 fully saturated rings. The van der Waals surface area contributed by atoms with Crippen LogP contribution in [0, 0.1) is 13.8 Å². The van der Waals surface area contributed by atoms with Crippen molar-refractivity contribution in [2.75, 3.05) is 7.11 Å². The molecule has 0 radical (unpaired) electrons. The van der Waals surface area contributed by atoms with Crippen molar-refractivity contribution < 1.29 is 23.6 Å². The molecule has 0 aliphatic carbocycles. The topological polar surface area (TPSA) is 116 Å². The Balaban J connectivity index is 1.58. The third kappa shape index (κ3) is 5.69. The summed E-state index contributed by atoms with van der Waals surface area (Å²) in [7, 11) is 1.53. The van der Waals surface area contributed by atoms with Gasteiger partial charge in [-0.2, -0.15) is 0 Å². The zero-order valence-corrected chi connectivity index (χ0v) is 17.3. The first-order chi connectivity index (χ1) is 15.0. The fraction of sp³-hybridized carbons (Fsp3) is 0.182. The number of ether oxygens (including phenoxy) is 2. The van der Waals surface area contributed by atoms with E-state index in [1.54, 1.807) is 42.5 Å². The predicted octanol–water partition coefficient (Wildman–Crippen LogP) is 2.75. The average molecular weight is 422 g/mol. The monoisotopic (exact) mass is 422 g/mol. The number of methoxy groups -OCH3 is 1. The number of hydrogen-bond acceptors (Lipinski definition) is 7. The molecule has 2 N–H and O–H groups in total. The Labute approximate surface area is 179 Å². The van der Waals surface area contributed by atoms with Gasteiger partial charge < -0.3 is 14.0 Å². The van der Waals surface area contributed by atoms with Crippen LogP contribution in [0.4, 0.5) is 0 Å². The van der Waals surface area contributed by atoms with Gasteiger partial charge in [-0.3, -0.25) is 25.4 Å². The molecule has 0 unspecified atom stereocenters. The van der Waals surface area contributed by atoms with Crippen molar-refractivity contribution in [3.8, 4) is 11.5 Å². The van der Waals surface area contributed by atoms with E-state index in [4.69, 9.17) is 14.0 Å². The number of benzene rings is 1. The number of nitrogens with one attached hydrogen (secondary N) is 2. The molecule has 160 valence electrons. The Hall–Kier alpha value is -4.14. The maximum atomic E-state index is 12.0. The molecular weight excluding hydrogens is 400 g/mol. The summed E-state index contributed by atoms with van der Waals surface area (Å²) in [4.78, 5) is 27.8. The lowest BCUT2D eigenvalue weighted by atomic mass is 10.2. The minimum Gasteiger partial charge on any atom is -0.493 e. The number of hydrogen-bond donors (Lipinski definition) is 2. The largest absolute Gasteiger partial charge is 0.493 e. The Morgan fingerprint density at radius 1 is 1.13 bits per heavy atom. The van der Waals surface area contributed by atoms with Crippen LogP contribution in [-0.2, 0) is 11.4 Å². The molecular formula is C22H22N4O5. The van der Waals surface area contributed by atoms with Crippen molar-refractivity contribution >= 4 is 17.9 Å². The maximum Gasteiger partial charge on any atom is 0.288 e. The van der Waals surface area contributed by atoms with Crippen molar-refractivity contribution in [3.63, 3.8) is 0 Å². The highest BCUT2D eigenvalue weighted by atomic mass is 16.5. The first-order valence-electron chi connectivity index (χ1n) is 9.40. The number of carbonyl (C=O) groups is 2. The highest BCUT2D eigenvalue weighted by molar-refractivity contribution is 5.96. The molecule has 0 aliphatic heterocycles. The predicted molar refractivity (Wildman–Crippen MR) is 112 cm³/mol. The summed E-state index contributed by atoms with van der Waals surface area (Å²) < 4.78 is 16.4. The number of nitrogens with zero attached hydrogens (tertiary/aromatic N) is 2. The van der Waals surface area contributed by atoms with Gasteiger partial charge >= 0.3 is 0 Å². The molecule has 0 saturated heterocycles. The van der Waals surface area contributed by atoms with Crippen LogP contribution < -0.4 is 20.3 Å². The second-order valence-corrected chi connectivity index (χ2v) is 6.49. The average Bonchev–Trinajstić information content (AvgIpc) is 3.12. The van der Waals surface area contributed by atoms with E-state index in [0.717, 1.165) is 11.3 Å². The van der Waals surface area contributed by atoms with Crippen molar-refractivity contribution in [1.82, 2.24) is 21.0 Å². The molecule has 0 aliphatic rings. The van der Waals surface area contributed by atoms with E-state index in [1.165, 1.54) is 19.4 Å². The molecule has 1 aromatic carbocycles. The van der Waals surface area contributed by atoms with Gasteiger partial charge in [-0.1, -0.05) is 17.3 Å². The summed E-state index contributed by atoms with van der Waals surface area (Å²) in [6.07, 6.45) is 4.37. The standard InChI is InChI=1S/C22H22N4O5/c1-14-17(15(2)31-26-14)13-30-19-9-7-16(12-20(19)29-3)8-10-21(27)24-25-22(28)18-6-4-5-11-23-18/h4-12H,13H2,1-3H3,(H,24,27)(H,25,28)/b10-8+. The van der Waals surface area contributed by atoms with Crippen LogP contribution in [0.5, 0.6) is 11.5 Å². The van der Waals surface area contributed by atoms with Crippen LogP contribution in [0.2, 0.25) is 0 Å². The maximum absolute atomic E-state index is 12.0. The molecule has 2 amide bonds. The summed E-state index contributed by atoms with van der Waals surface area (Å²) in [5.74, 6) is 0.757. The summed E-state index contributed by atoms with van der Waals surface area (Å²) in [5, 5.41) is 3.91. The molecule has 0 atom stereocenters. The SMILES string of the molecule is COc1cc(/C=C/C(=O)NNC(=O)c2ccccn2)ccc1OCc1c(C)noc1C. The fourth-order valence-corrected chi connectivity index (χ4v) is 2.66. The second kappa shape index (κ2) is 10.1. The minimum atomic E-state index is -0.510. The smallest absolute Gasteiger partial charge is 0.288 e. The van der Waals surface area contributed by atoms with Gasteiger partial charge in [0.2, 0.25) is 0 Å². The van der Waals surface area contributed by atoms with Crippen LogP contribution in [0.15, 0.2) is 53.2 Å². The van der Waals surface area contributed by atoms with Crippen molar-refractivity contribution in [2.24, 2.45) is 0 Å². The van der Waals surface area contributed by atoms with Crippen molar-refractivity contribution in [2.45, 2.75) is 20.5 Å². The van der Waals surface area contributed by atoms with Crippen LogP contribution in [0.25, 0.3) is 6.08 Å². The van der Waals surface area contributed by atoms with E-state index >= 15 is 0 Å². The molecule has 0 bridgehead atoms. The normalized spacial score (nSPS) is 10.7. The molecule has 2 aromatic heterocycles. The zero-order valence-electron chi connectivity index (χ0n) is 17.3. The van der Waals surface area contributed by atoms with Crippen molar-refractivity contribution in [3.05, 3.63) is 76.9 Å². The minimum absolute atomic E-state index is 0.198. The van der Waals surface area contributed by atoms with Crippen LogP contribution in [0.1, 0.15) is 33.1 Å². The first-order valence-corrected chi connectivity index (χ1v) is 9.40. The van der Waals surface area contributed by atoms with Crippen molar-refractivity contribution in [1.29, 1.82) is 0 Å². The number of amides is 2. The van der Waals surface area contributed by atoms with Crippen LogP contribution in [-0.4, -0.2) is 29.1 Å². The first kappa shape index (κ1) is 21.6. The molecule has 0 saturated carbocycles. The number of hydrazine groups is 1. The summed E-state index contributed by atoms with van der Waals surface area (Å²) >= 11 is 0. The Kier molecular flexibility index (Phi) is 7.00. The Morgan fingerprint density at radius 2 is 1.97 bits per heavy atom. The van der Waals surface area contributed by atoms with Gasteiger partial charge in [0, 0.05) is 12.3 Å². The summed E-state index contributed by atoms with van der Waals surface area (Å²) in [5.41, 5.74) is 7.17. The number of rotatable bonds is 7. The summed E-state index contributed by atoms with van der Waals surface area (Å²) in [6, 6.07) is 10.2. The quantitative estimate of drug-likeness (QED) is 0.444. The molecule has 31 heavy (non-hydrogen) atoms. The lowest BCUT2D eigenvalue weighted by molar-refractivity contribution is -0.117. The molecule has 3 aromatic rings. The lowest BCUT2D eigenvalue weighted by Crippen LogP contribution is -2.41. The number of aryl methyl sites for hydroxylation is 2. The van der Waals surface area contributed by atoms with E-state index in [-0.39, 0.29) is 5.69 Å². The number of aromatic nitrogens is 2. The van der Waals surface area contributed by atoms with Gasteiger partial charge in [0.15, 0.2) is 11.5 Å². The number of carbonyl (C=O) groups excluding carboxylic acids is 2. The Morgan fingerprint density at radius 3 is 2.65 bits per heavy atom. The van der Waals surface area contributed by atoms with E-state index in [2.05, 4.69) is 21.0 Å². The lowest BCUT2D eigenvalue weighted by Gasteiger charge is -2.11. The molecule has 9 heteroatoms. The van der Waals surface area contributed by atoms with Crippen LogP contribution >= 0.6 is 0 Å². The fourth-order valence-electron chi connectivity index (χ4n) is 2.66. The Bertz CT molecular complexity index is 1070. The molecule has 2 heterocycles. The zero-order chi connectivity index (χ0) is 22.2. The van der Waals surface area contributed by atoms with Gasteiger partial charge in [-0.25, -0.2) is 0 Å².